The number of hydrogen-bond acceptors (Lipinski definition) is 3. The van der Waals surface area contributed by atoms with E-state index in [4.69, 9.17) is 5.26 Å². The van der Waals surface area contributed by atoms with Gasteiger partial charge < -0.3 is 0 Å². The van der Waals surface area contributed by atoms with Gasteiger partial charge >= 0.3 is 0 Å². The molecule has 0 aromatic heterocycles. The molecule has 0 spiro atoms. The number of benzene rings is 1. The highest BCUT2D eigenvalue weighted by molar-refractivity contribution is 7.91. The Morgan fingerprint density at radius 1 is 1.31 bits per heavy atom. The molecule has 1 rings (SSSR count). The van der Waals surface area contributed by atoms with E-state index in [9.17, 15) is 8.42 Å². The first-order chi connectivity index (χ1) is 7.61. The molecule has 4 heteroatoms. The van der Waals surface area contributed by atoms with Crippen molar-refractivity contribution in [2.24, 2.45) is 0 Å². The maximum Gasteiger partial charge on any atom is 0.158 e. The monoisotopic (exact) mass is 237 g/mol. The minimum atomic E-state index is -3.21. The van der Waals surface area contributed by atoms with Crippen molar-refractivity contribution in [1.29, 1.82) is 5.26 Å². The van der Waals surface area contributed by atoms with E-state index in [2.05, 4.69) is 0 Å². The molecular weight excluding hydrogens is 222 g/mol. The van der Waals surface area contributed by atoms with Crippen LogP contribution in [0.4, 0.5) is 0 Å². The minimum absolute atomic E-state index is 0.0202. The Balaban J connectivity index is 3.06. The number of nitriles is 1. The second-order valence-electron chi connectivity index (χ2n) is 3.63. The van der Waals surface area contributed by atoms with Crippen LogP contribution in [-0.4, -0.2) is 14.2 Å². The fourth-order valence-electron chi connectivity index (χ4n) is 1.63. The van der Waals surface area contributed by atoms with Gasteiger partial charge in [-0.25, -0.2) is 8.42 Å². The minimum Gasteiger partial charge on any atom is -0.228 e. The molecule has 0 saturated heterocycles. The zero-order valence-electron chi connectivity index (χ0n) is 9.26. The fourth-order valence-corrected chi connectivity index (χ4v) is 3.38. The molecule has 0 amide bonds. The molecule has 1 aromatic rings. The summed E-state index contributed by atoms with van der Waals surface area (Å²) in [7, 11) is -3.21. The van der Waals surface area contributed by atoms with Gasteiger partial charge in [0.15, 0.2) is 9.84 Å². The van der Waals surface area contributed by atoms with Crippen molar-refractivity contribution in [2.75, 3.05) is 5.75 Å². The summed E-state index contributed by atoms with van der Waals surface area (Å²) in [6.07, 6.45) is 0.601. The lowest BCUT2D eigenvalue weighted by atomic mass is 10.1. The number of rotatable bonds is 5. The molecule has 86 valence electrons. The number of sulfone groups is 1. The lowest BCUT2D eigenvalue weighted by Gasteiger charge is -2.14. The molecular formula is C12H15NO2S. The third-order valence-electron chi connectivity index (χ3n) is 2.37. The van der Waals surface area contributed by atoms with Gasteiger partial charge in [0, 0.05) is 0 Å². The van der Waals surface area contributed by atoms with Crippen LogP contribution in [0.3, 0.4) is 0 Å². The Bertz CT molecular complexity index is 460. The summed E-state index contributed by atoms with van der Waals surface area (Å²) in [6.45, 7) is 1.83. The van der Waals surface area contributed by atoms with Crippen molar-refractivity contribution in [3.05, 3.63) is 35.9 Å². The fraction of sp³-hybridized carbons (Fsp3) is 0.417. The molecule has 1 atom stereocenters. The summed E-state index contributed by atoms with van der Waals surface area (Å²) in [4.78, 5) is 0. The highest BCUT2D eigenvalue weighted by Crippen LogP contribution is 2.26. The first-order valence-corrected chi connectivity index (χ1v) is 6.97. The molecule has 0 aliphatic carbocycles. The Hall–Kier alpha value is -1.34. The second-order valence-corrected chi connectivity index (χ2v) is 5.93. The van der Waals surface area contributed by atoms with Crippen LogP contribution >= 0.6 is 0 Å². The van der Waals surface area contributed by atoms with Gasteiger partial charge in [-0.1, -0.05) is 37.3 Å². The second kappa shape index (κ2) is 5.66. The maximum absolute atomic E-state index is 12.0. The molecule has 0 N–H and O–H groups in total. The van der Waals surface area contributed by atoms with Crippen LogP contribution < -0.4 is 0 Å². The maximum atomic E-state index is 12.0. The Kier molecular flexibility index (Phi) is 4.51. The molecule has 0 aliphatic heterocycles. The Labute approximate surface area is 96.6 Å². The van der Waals surface area contributed by atoms with Crippen LogP contribution in [0.15, 0.2) is 30.3 Å². The van der Waals surface area contributed by atoms with Crippen molar-refractivity contribution in [3.63, 3.8) is 0 Å². The molecule has 0 radical (unpaired) electrons. The van der Waals surface area contributed by atoms with Crippen LogP contribution in [-0.2, 0) is 9.84 Å². The van der Waals surface area contributed by atoms with E-state index in [-0.39, 0.29) is 12.2 Å². The van der Waals surface area contributed by atoms with Gasteiger partial charge in [-0.2, -0.15) is 5.26 Å². The summed E-state index contributed by atoms with van der Waals surface area (Å²) >= 11 is 0. The van der Waals surface area contributed by atoms with Crippen LogP contribution in [0.2, 0.25) is 0 Å². The normalized spacial score (nSPS) is 13.0. The first-order valence-electron chi connectivity index (χ1n) is 5.25. The van der Waals surface area contributed by atoms with Crippen molar-refractivity contribution >= 4 is 9.84 Å². The molecule has 0 aliphatic rings. The average Bonchev–Trinajstić information content (AvgIpc) is 2.27. The lowest BCUT2D eigenvalue weighted by molar-refractivity contribution is 0.581. The quantitative estimate of drug-likeness (QED) is 0.790. The van der Waals surface area contributed by atoms with E-state index in [1.54, 1.807) is 24.3 Å². The van der Waals surface area contributed by atoms with Crippen molar-refractivity contribution in [1.82, 2.24) is 0 Å². The third kappa shape index (κ3) is 3.07. The van der Waals surface area contributed by atoms with Gasteiger partial charge in [-0.05, 0) is 12.0 Å². The van der Waals surface area contributed by atoms with Gasteiger partial charge in [0.25, 0.3) is 0 Å². The number of hydrogen-bond donors (Lipinski definition) is 0. The highest BCUT2D eigenvalue weighted by Gasteiger charge is 2.25. The van der Waals surface area contributed by atoms with E-state index in [1.165, 1.54) is 0 Å². The first kappa shape index (κ1) is 12.7. The summed E-state index contributed by atoms with van der Waals surface area (Å²) < 4.78 is 23.9. The largest absolute Gasteiger partial charge is 0.228 e. The van der Waals surface area contributed by atoms with Gasteiger partial charge in [0.05, 0.1) is 23.5 Å². The average molecular weight is 237 g/mol. The zero-order chi connectivity index (χ0) is 12.0. The lowest BCUT2D eigenvalue weighted by Crippen LogP contribution is -2.16. The molecule has 16 heavy (non-hydrogen) atoms. The van der Waals surface area contributed by atoms with E-state index in [0.29, 0.717) is 12.0 Å². The highest BCUT2D eigenvalue weighted by atomic mass is 32.2. The van der Waals surface area contributed by atoms with Crippen LogP contribution in [0.1, 0.15) is 30.6 Å². The van der Waals surface area contributed by atoms with E-state index < -0.39 is 15.1 Å². The Morgan fingerprint density at radius 3 is 2.44 bits per heavy atom. The SMILES string of the molecule is CCCS(=O)(=O)C(CC#N)c1ccccc1. The van der Waals surface area contributed by atoms with Gasteiger partial charge in [0.2, 0.25) is 0 Å². The van der Waals surface area contributed by atoms with Crippen LogP contribution in [0.25, 0.3) is 0 Å². The molecule has 0 fully saturated rings. The smallest absolute Gasteiger partial charge is 0.158 e. The molecule has 1 unspecified atom stereocenters. The molecule has 3 nitrogen and oxygen atoms in total. The Morgan fingerprint density at radius 2 is 1.94 bits per heavy atom. The third-order valence-corrected chi connectivity index (χ3v) is 4.65. The van der Waals surface area contributed by atoms with E-state index >= 15 is 0 Å². The van der Waals surface area contributed by atoms with Crippen molar-refractivity contribution in [2.45, 2.75) is 25.0 Å². The van der Waals surface area contributed by atoms with Crippen molar-refractivity contribution in [3.8, 4) is 6.07 Å². The zero-order valence-corrected chi connectivity index (χ0v) is 10.1. The van der Waals surface area contributed by atoms with E-state index in [1.807, 2.05) is 19.1 Å². The molecule has 1 aromatic carbocycles. The topological polar surface area (TPSA) is 57.9 Å². The summed E-state index contributed by atoms with van der Waals surface area (Å²) in [5, 5.41) is 8.03. The van der Waals surface area contributed by atoms with Crippen LogP contribution in [0, 0.1) is 11.3 Å². The number of nitrogens with zero attached hydrogens (tertiary/aromatic N) is 1. The van der Waals surface area contributed by atoms with E-state index in [0.717, 1.165) is 0 Å². The van der Waals surface area contributed by atoms with Gasteiger partial charge in [-0.3, -0.25) is 0 Å². The summed E-state index contributed by atoms with van der Waals surface area (Å²) in [5.74, 6) is 0.133. The van der Waals surface area contributed by atoms with Crippen molar-refractivity contribution < 1.29 is 8.42 Å². The van der Waals surface area contributed by atoms with Gasteiger partial charge in [-0.15, -0.1) is 0 Å². The molecule has 0 heterocycles. The predicted octanol–water partition coefficient (Wildman–Crippen LogP) is 2.47. The molecule has 0 saturated carbocycles. The summed E-state index contributed by atoms with van der Waals surface area (Å²) in [6, 6.07) is 10.9. The summed E-state index contributed by atoms with van der Waals surface area (Å²) in [5.41, 5.74) is 0.706. The van der Waals surface area contributed by atoms with Crippen LogP contribution in [0.5, 0.6) is 0 Å². The molecule has 0 bridgehead atoms. The predicted molar refractivity (Wildman–Crippen MR) is 63.5 cm³/mol. The van der Waals surface area contributed by atoms with Gasteiger partial charge in [0.1, 0.15) is 0 Å². The standard InChI is InChI=1S/C12H15NO2S/c1-2-10-16(14,15)12(8-9-13)11-6-4-3-5-7-11/h3-7,12H,2,8,10H2,1H3.